The molecule has 24 heavy (non-hydrogen) atoms. The van der Waals surface area contributed by atoms with Gasteiger partial charge in [0.2, 0.25) is 6.10 Å². The SMILES string of the molecule is CCc1ccccc1OC(C(=O)NCCCNC)c1ccccc1. The van der Waals surface area contributed by atoms with E-state index >= 15 is 0 Å². The van der Waals surface area contributed by atoms with Crippen LogP contribution < -0.4 is 15.4 Å². The number of para-hydroxylation sites is 1. The molecule has 2 rings (SSSR count). The van der Waals surface area contributed by atoms with Crippen molar-refractivity contribution in [2.75, 3.05) is 20.1 Å². The summed E-state index contributed by atoms with van der Waals surface area (Å²) in [6, 6.07) is 17.5. The number of rotatable bonds is 9. The van der Waals surface area contributed by atoms with E-state index in [0.29, 0.717) is 6.54 Å². The molecular weight excluding hydrogens is 300 g/mol. The largest absolute Gasteiger partial charge is 0.476 e. The van der Waals surface area contributed by atoms with Crippen molar-refractivity contribution in [1.82, 2.24) is 10.6 Å². The van der Waals surface area contributed by atoms with Crippen molar-refractivity contribution in [3.8, 4) is 5.75 Å². The summed E-state index contributed by atoms with van der Waals surface area (Å²) in [5.41, 5.74) is 1.95. The molecule has 1 unspecified atom stereocenters. The lowest BCUT2D eigenvalue weighted by Crippen LogP contribution is -2.34. The maximum absolute atomic E-state index is 12.7. The Hall–Kier alpha value is -2.33. The number of carbonyl (C=O) groups excluding carboxylic acids is 1. The normalized spacial score (nSPS) is 11.8. The van der Waals surface area contributed by atoms with Gasteiger partial charge in [-0.05, 0) is 38.1 Å². The minimum absolute atomic E-state index is 0.108. The molecule has 0 aliphatic carbocycles. The summed E-state index contributed by atoms with van der Waals surface area (Å²) >= 11 is 0. The Balaban J connectivity index is 2.15. The van der Waals surface area contributed by atoms with E-state index in [9.17, 15) is 4.79 Å². The second kappa shape index (κ2) is 9.73. The Bertz CT molecular complexity index is 629. The third-order valence-electron chi connectivity index (χ3n) is 3.84. The lowest BCUT2D eigenvalue weighted by Gasteiger charge is -2.21. The van der Waals surface area contributed by atoms with E-state index in [1.807, 2.05) is 61.6 Å². The number of ether oxygens (including phenoxy) is 1. The van der Waals surface area contributed by atoms with E-state index in [1.165, 1.54) is 0 Å². The molecule has 4 heteroatoms. The van der Waals surface area contributed by atoms with Crippen molar-refractivity contribution < 1.29 is 9.53 Å². The van der Waals surface area contributed by atoms with Gasteiger partial charge in [0.15, 0.2) is 0 Å². The Morgan fingerprint density at radius 1 is 1.04 bits per heavy atom. The van der Waals surface area contributed by atoms with Crippen LogP contribution in [0.4, 0.5) is 0 Å². The summed E-state index contributed by atoms with van der Waals surface area (Å²) < 4.78 is 6.11. The first-order valence-corrected chi connectivity index (χ1v) is 8.48. The van der Waals surface area contributed by atoms with Gasteiger partial charge in [0, 0.05) is 12.1 Å². The highest BCUT2D eigenvalue weighted by Gasteiger charge is 2.23. The monoisotopic (exact) mass is 326 g/mol. The highest BCUT2D eigenvalue weighted by Crippen LogP contribution is 2.26. The summed E-state index contributed by atoms with van der Waals surface area (Å²) in [7, 11) is 1.90. The zero-order valence-corrected chi connectivity index (χ0v) is 14.4. The number of amides is 1. The van der Waals surface area contributed by atoms with Crippen molar-refractivity contribution >= 4 is 5.91 Å². The minimum Gasteiger partial charge on any atom is -0.476 e. The average molecular weight is 326 g/mol. The van der Waals surface area contributed by atoms with Crippen LogP contribution in [0, 0.1) is 0 Å². The number of hydrogen-bond donors (Lipinski definition) is 2. The van der Waals surface area contributed by atoms with Crippen LogP contribution in [0.2, 0.25) is 0 Å². The minimum atomic E-state index is -0.645. The maximum Gasteiger partial charge on any atom is 0.265 e. The zero-order chi connectivity index (χ0) is 17.2. The summed E-state index contributed by atoms with van der Waals surface area (Å²) in [5, 5.41) is 6.04. The van der Waals surface area contributed by atoms with Gasteiger partial charge in [0.05, 0.1) is 0 Å². The van der Waals surface area contributed by atoms with Gasteiger partial charge in [-0.3, -0.25) is 4.79 Å². The quantitative estimate of drug-likeness (QED) is 0.696. The van der Waals surface area contributed by atoms with E-state index in [-0.39, 0.29) is 5.91 Å². The van der Waals surface area contributed by atoms with Crippen molar-refractivity contribution in [2.24, 2.45) is 0 Å². The van der Waals surface area contributed by atoms with Crippen molar-refractivity contribution in [2.45, 2.75) is 25.9 Å². The average Bonchev–Trinajstić information content (AvgIpc) is 2.64. The van der Waals surface area contributed by atoms with E-state index in [0.717, 1.165) is 36.3 Å². The summed E-state index contributed by atoms with van der Waals surface area (Å²) in [4.78, 5) is 12.7. The van der Waals surface area contributed by atoms with E-state index in [4.69, 9.17) is 4.74 Å². The zero-order valence-electron chi connectivity index (χ0n) is 14.4. The molecule has 0 spiro atoms. The summed E-state index contributed by atoms with van der Waals surface area (Å²) in [6.45, 7) is 3.58. The molecule has 1 amide bonds. The number of aryl methyl sites for hydroxylation is 1. The van der Waals surface area contributed by atoms with Gasteiger partial charge >= 0.3 is 0 Å². The first-order chi connectivity index (χ1) is 11.8. The molecule has 0 saturated heterocycles. The molecule has 0 aliphatic heterocycles. The fourth-order valence-electron chi connectivity index (χ4n) is 2.51. The van der Waals surface area contributed by atoms with Gasteiger partial charge in [-0.1, -0.05) is 55.5 Å². The lowest BCUT2D eigenvalue weighted by atomic mass is 10.1. The topological polar surface area (TPSA) is 50.4 Å². The molecule has 2 N–H and O–H groups in total. The molecule has 0 aliphatic rings. The molecule has 1 atom stereocenters. The highest BCUT2D eigenvalue weighted by molar-refractivity contribution is 5.82. The fourth-order valence-corrected chi connectivity index (χ4v) is 2.51. The highest BCUT2D eigenvalue weighted by atomic mass is 16.5. The number of nitrogens with one attached hydrogen (secondary N) is 2. The first kappa shape index (κ1) is 18.0. The molecule has 4 nitrogen and oxygen atoms in total. The molecule has 0 bridgehead atoms. The summed E-state index contributed by atoms with van der Waals surface area (Å²) in [6.07, 6.45) is 1.10. The Kier molecular flexibility index (Phi) is 7.30. The Morgan fingerprint density at radius 2 is 1.75 bits per heavy atom. The van der Waals surface area contributed by atoms with Crippen LogP contribution in [0.1, 0.15) is 30.6 Å². The van der Waals surface area contributed by atoms with Crippen molar-refractivity contribution in [3.63, 3.8) is 0 Å². The van der Waals surface area contributed by atoms with Crippen molar-refractivity contribution in [3.05, 3.63) is 65.7 Å². The van der Waals surface area contributed by atoms with Gasteiger partial charge in [-0.15, -0.1) is 0 Å². The molecule has 0 aromatic heterocycles. The van der Waals surface area contributed by atoms with Gasteiger partial charge in [0.1, 0.15) is 5.75 Å². The van der Waals surface area contributed by atoms with Gasteiger partial charge in [-0.25, -0.2) is 0 Å². The third-order valence-corrected chi connectivity index (χ3v) is 3.84. The Morgan fingerprint density at radius 3 is 2.46 bits per heavy atom. The lowest BCUT2D eigenvalue weighted by molar-refractivity contribution is -0.128. The number of benzene rings is 2. The smallest absolute Gasteiger partial charge is 0.265 e. The van der Waals surface area contributed by atoms with Crippen LogP contribution in [-0.2, 0) is 11.2 Å². The van der Waals surface area contributed by atoms with Crippen LogP contribution in [0.3, 0.4) is 0 Å². The van der Waals surface area contributed by atoms with Gasteiger partial charge in [0.25, 0.3) is 5.91 Å². The Labute approximate surface area is 144 Å². The van der Waals surface area contributed by atoms with Crippen LogP contribution in [-0.4, -0.2) is 26.0 Å². The van der Waals surface area contributed by atoms with E-state index in [1.54, 1.807) is 0 Å². The van der Waals surface area contributed by atoms with Crippen LogP contribution in [0.15, 0.2) is 54.6 Å². The predicted molar refractivity (Wildman–Crippen MR) is 97.2 cm³/mol. The van der Waals surface area contributed by atoms with Crippen LogP contribution >= 0.6 is 0 Å². The van der Waals surface area contributed by atoms with E-state index < -0.39 is 6.10 Å². The molecule has 2 aromatic carbocycles. The molecule has 0 heterocycles. The maximum atomic E-state index is 12.7. The number of carbonyl (C=O) groups is 1. The third kappa shape index (κ3) is 5.10. The molecule has 0 fully saturated rings. The molecule has 0 radical (unpaired) electrons. The molecular formula is C20H26N2O2. The molecule has 128 valence electrons. The molecule has 2 aromatic rings. The van der Waals surface area contributed by atoms with Crippen LogP contribution in [0.5, 0.6) is 5.75 Å². The summed E-state index contributed by atoms with van der Waals surface area (Å²) in [5.74, 6) is 0.655. The second-order valence-corrected chi connectivity index (χ2v) is 5.62. The second-order valence-electron chi connectivity index (χ2n) is 5.62. The first-order valence-electron chi connectivity index (χ1n) is 8.48. The number of hydrogen-bond acceptors (Lipinski definition) is 3. The standard InChI is InChI=1S/C20H26N2O2/c1-3-16-10-7-8-13-18(16)24-19(17-11-5-4-6-12-17)20(23)22-15-9-14-21-2/h4-8,10-13,19,21H,3,9,14-15H2,1-2H3,(H,22,23). The van der Waals surface area contributed by atoms with Gasteiger partial charge < -0.3 is 15.4 Å². The predicted octanol–water partition coefficient (Wildman–Crippen LogP) is 3.09. The fraction of sp³-hybridized carbons (Fsp3) is 0.350. The molecule has 0 saturated carbocycles. The van der Waals surface area contributed by atoms with Gasteiger partial charge in [-0.2, -0.15) is 0 Å². The van der Waals surface area contributed by atoms with Crippen molar-refractivity contribution in [1.29, 1.82) is 0 Å². The van der Waals surface area contributed by atoms with E-state index in [2.05, 4.69) is 17.6 Å². The van der Waals surface area contributed by atoms with Crippen LogP contribution in [0.25, 0.3) is 0 Å².